The number of alkyl halides is 2. The number of nitrogens with zero attached hydrogens (tertiary/aromatic N) is 8. The fraction of sp³-hybridized carbons (Fsp3) is 0.488. The molecule has 4 aromatic rings. The van der Waals surface area contributed by atoms with Gasteiger partial charge in [0.25, 0.3) is 17.7 Å². The van der Waals surface area contributed by atoms with Crippen molar-refractivity contribution in [3.05, 3.63) is 74.5 Å². The molecule has 1 atom stereocenters. The van der Waals surface area contributed by atoms with Crippen LogP contribution in [0.15, 0.2) is 36.5 Å². The van der Waals surface area contributed by atoms with Gasteiger partial charge < -0.3 is 20.9 Å². The number of hydrogen-bond acceptors (Lipinski definition) is 10. The Hall–Kier alpha value is -5.10. The van der Waals surface area contributed by atoms with Crippen molar-refractivity contribution in [2.24, 2.45) is 11.1 Å². The van der Waals surface area contributed by atoms with Gasteiger partial charge in [-0.25, -0.2) is 23.1 Å². The molecule has 4 N–H and O–H groups in total. The number of aromatic nitrogens is 3. The topological polar surface area (TPSA) is 165 Å². The highest BCUT2D eigenvalue weighted by atomic mass is 35.5. The molecule has 4 fully saturated rings. The number of amides is 5. The van der Waals surface area contributed by atoms with E-state index in [1.165, 1.54) is 15.6 Å². The molecule has 2 aromatic heterocycles. The molecule has 1 spiro atoms. The van der Waals surface area contributed by atoms with Crippen molar-refractivity contribution in [3.8, 4) is 0 Å². The van der Waals surface area contributed by atoms with E-state index in [0.717, 1.165) is 42.5 Å². The molecule has 0 bridgehead atoms. The Bertz CT molecular complexity index is 2480. The van der Waals surface area contributed by atoms with E-state index in [1.807, 2.05) is 37.8 Å². The van der Waals surface area contributed by atoms with Crippen LogP contribution in [-0.2, 0) is 17.8 Å². The number of nitrogens with one attached hydrogen (secondary N) is 2. The molecule has 15 nitrogen and oxygen atoms in total. The molecule has 62 heavy (non-hydrogen) atoms. The number of primary amides is 1. The summed E-state index contributed by atoms with van der Waals surface area (Å²) >= 11 is 13.3. The maximum atomic E-state index is 16.2. The normalized spacial score (nSPS) is 21.7. The molecule has 19 heteroatoms. The van der Waals surface area contributed by atoms with Crippen molar-refractivity contribution in [1.29, 1.82) is 0 Å². The van der Waals surface area contributed by atoms with Gasteiger partial charge in [-0.05, 0) is 105 Å². The first-order valence-corrected chi connectivity index (χ1v) is 21.9. The van der Waals surface area contributed by atoms with Crippen molar-refractivity contribution in [3.63, 3.8) is 0 Å². The number of likely N-dealkylation sites (tertiary alicyclic amines) is 3. The quantitative estimate of drug-likeness (QED) is 0.196. The number of imidazole rings is 1. The number of carbonyl (C=O) groups is 4. The van der Waals surface area contributed by atoms with Gasteiger partial charge >= 0.3 is 6.03 Å². The van der Waals surface area contributed by atoms with Gasteiger partial charge in [0, 0.05) is 75.1 Å². The Balaban J connectivity index is 0.815. The van der Waals surface area contributed by atoms with Gasteiger partial charge in [0.1, 0.15) is 5.69 Å². The van der Waals surface area contributed by atoms with E-state index in [2.05, 4.69) is 15.6 Å². The highest BCUT2D eigenvalue weighted by molar-refractivity contribution is 6.35. The summed E-state index contributed by atoms with van der Waals surface area (Å²) in [5, 5.41) is 11.0. The van der Waals surface area contributed by atoms with Crippen LogP contribution in [0.25, 0.3) is 5.65 Å². The van der Waals surface area contributed by atoms with Gasteiger partial charge in [-0.1, -0.05) is 23.2 Å². The number of hydrogen-bond donors (Lipinski definition) is 3. The van der Waals surface area contributed by atoms with Gasteiger partial charge in [0.05, 0.1) is 35.2 Å². The zero-order valence-electron chi connectivity index (χ0n) is 34.7. The van der Waals surface area contributed by atoms with Crippen molar-refractivity contribution in [1.82, 2.24) is 34.6 Å². The second-order valence-electron chi connectivity index (χ2n) is 17.4. The molecule has 328 valence electrons. The van der Waals surface area contributed by atoms with Crippen LogP contribution in [0.3, 0.4) is 0 Å². The summed E-state index contributed by atoms with van der Waals surface area (Å²) in [6.07, 6.45) is 5.72. The Labute approximate surface area is 367 Å². The van der Waals surface area contributed by atoms with E-state index in [-0.39, 0.29) is 42.4 Å². The van der Waals surface area contributed by atoms with Crippen molar-refractivity contribution in [2.75, 3.05) is 74.5 Å². The fourth-order valence-corrected chi connectivity index (χ4v) is 10.7. The van der Waals surface area contributed by atoms with E-state index in [1.54, 1.807) is 26.1 Å². The molecule has 9 rings (SSSR count). The predicted octanol–water partition coefficient (Wildman–Crippen LogP) is 5.85. The summed E-state index contributed by atoms with van der Waals surface area (Å²) in [4.78, 5) is 63.6. The minimum atomic E-state index is -2.92. The number of halogens is 4. The van der Waals surface area contributed by atoms with E-state index in [0.29, 0.717) is 103 Å². The standard InChI is InChI=1S/C43H49Cl2F2N11O4/c1-25-17-26(19-32(37(25)45)57-12-5-36(59)51-41(57)62)40(61)55-15-8-42(9-16-55)6-13-54(14-7-42)34-4-10-53(24-43(34,46)47)23-27-18-28(44)20-31-29(27)3-11-56(31)35-21-30(49-2)39-50-22-33(38(48)60)58(39)52-35/h17-22,34,49H,3-16,23-24H2,1-2H3,(H2,48,60)(H,51,59,62). The maximum absolute atomic E-state index is 16.2. The summed E-state index contributed by atoms with van der Waals surface area (Å²) in [5.41, 5.74) is 11.1. The minimum Gasteiger partial charge on any atom is -0.385 e. The lowest BCUT2D eigenvalue weighted by molar-refractivity contribution is -0.139. The molecule has 0 saturated carbocycles. The second-order valence-corrected chi connectivity index (χ2v) is 18.2. The van der Waals surface area contributed by atoms with Crippen LogP contribution in [0, 0.1) is 12.3 Å². The lowest BCUT2D eigenvalue weighted by atomic mass is 9.70. The smallest absolute Gasteiger partial charge is 0.328 e. The highest BCUT2D eigenvalue weighted by Gasteiger charge is 2.50. The van der Waals surface area contributed by atoms with Gasteiger partial charge in [0.2, 0.25) is 5.91 Å². The van der Waals surface area contributed by atoms with Crippen LogP contribution >= 0.6 is 23.2 Å². The number of carbonyl (C=O) groups excluding carboxylic acids is 4. The third-order valence-corrected chi connectivity index (χ3v) is 14.4. The van der Waals surface area contributed by atoms with Gasteiger partial charge in [-0.15, -0.1) is 5.10 Å². The first-order valence-electron chi connectivity index (χ1n) is 21.1. The Morgan fingerprint density at radius 2 is 1.66 bits per heavy atom. The maximum Gasteiger partial charge on any atom is 0.328 e. The lowest BCUT2D eigenvalue weighted by Gasteiger charge is -2.51. The summed E-state index contributed by atoms with van der Waals surface area (Å²) < 4.78 is 33.9. The zero-order chi connectivity index (χ0) is 43.7. The third-order valence-electron chi connectivity index (χ3n) is 13.7. The Morgan fingerprint density at radius 3 is 2.35 bits per heavy atom. The van der Waals surface area contributed by atoms with Crippen LogP contribution in [0.4, 0.5) is 36.5 Å². The Morgan fingerprint density at radius 1 is 0.935 bits per heavy atom. The minimum absolute atomic E-state index is 0.0115. The average Bonchev–Trinajstić information content (AvgIpc) is 3.87. The molecule has 2 aromatic carbocycles. The summed E-state index contributed by atoms with van der Waals surface area (Å²) in [6, 6.07) is 7.54. The molecule has 7 heterocycles. The molecule has 5 aliphatic heterocycles. The van der Waals surface area contributed by atoms with E-state index >= 15 is 8.78 Å². The van der Waals surface area contributed by atoms with Crippen LogP contribution in [0.5, 0.6) is 0 Å². The molecular weight excluding hydrogens is 843 g/mol. The zero-order valence-corrected chi connectivity index (χ0v) is 36.2. The van der Waals surface area contributed by atoms with Crippen LogP contribution in [0.1, 0.15) is 76.1 Å². The summed E-state index contributed by atoms with van der Waals surface area (Å²) in [5.74, 6) is -3.50. The monoisotopic (exact) mass is 891 g/mol. The van der Waals surface area contributed by atoms with Crippen LogP contribution in [-0.4, -0.2) is 124 Å². The van der Waals surface area contributed by atoms with Crippen molar-refractivity contribution >= 4 is 75.5 Å². The van der Waals surface area contributed by atoms with E-state index in [9.17, 15) is 19.2 Å². The summed E-state index contributed by atoms with van der Waals surface area (Å²) in [7, 11) is 1.76. The number of urea groups is 1. The van der Waals surface area contributed by atoms with Crippen LogP contribution in [0.2, 0.25) is 10.0 Å². The molecule has 5 aliphatic rings. The van der Waals surface area contributed by atoms with Crippen LogP contribution < -0.4 is 26.2 Å². The molecule has 0 radical (unpaired) electrons. The van der Waals surface area contributed by atoms with Gasteiger partial charge in [-0.2, -0.15) is 0 Å². The second kappa shape index (κ2) is 16.2. The first-order chi connectivity index (χ1) is 29.6. The number of imide groups is 1. The summed E-state index contributed by atoms with van der Waals surface area (Å²) in [6.45, 7) is 5.33. The van der Waals surface area contributed by atoms with Gasteiger partial charge in [0.15, 0.2) is 11.5 Å². The fourth-order valence-electron chi connectivity index (χ4n) is 10.2. The number of rotatable bonds is 8. The largest absolute Gasteiger partial charge is 0.385 e. The number of nitrogens with two attached hydrogens (primary N) is 1. The number of fused-ring (bicyclic) bond motifs is 2. The lowest BCUT2D eigenvalue weighted by Crippen LogP contribution is -2.60. The van der Waals surface area contributed by atoms with Crippen molar-refractivity contribution in [2.45, 2.75) is 70.4 Å². The van der Waals surface area contributed by atoms with Crippen molar-refractivity contribution < 1.29 is 28.0 Å². The van der Waals surface area contributed by atoms with E-state index in [4.69, 9.17) is 34.0 Å². The van der Waals surface area contributed by atoms with E-state index < -0.39 is 23.9 Å². The number of benzene rings is 2. The van der Waals surface area contributed by atoms with Gasteiger partial charge in [-0.3, -0.25) is 34.4 Å². The highest BCUT2D eigenvalue weighted by Crippen LogP contribution is 2.45. The number of piperidine rings is 3. The number of aryl methyl sites for hydroxylation is 1. The molecule has 4 saturated heterocycles. The first kappa shape index (κ1) is 42.2. The molecular formula is C43H49Cl2F2N11O4. The molecule has 0 aliphatic carbocycles. The Kier molecular flexibility index (Phi) is 11.0. The SMILES string of the molecule is CNc1cc(N2CCc3c(CN4CCC(N5CCC6(CCN(C(=O)c7cc(C)c(Cl)c(N8CCC(=O)NC8=O)c7)CC6)CC5)C(F)(F)C4)cc(Cl)cc32)nn2c(C(N)=O)cnc12. The third kappa shape index (κ3) is 7.70. The average molecular weight is 893 g/mol. The molecule has 5 amide bonds. The molecule has 1 unspecified atom stereocenters. The number of anilines is 4. The predicted molar refractivity (Wildman–Crippen MR) is 232 cm³/mol.